The van der Waals surface area contributed by atoms with Gasteiger partial charge in [-0.15, -0.1) is 0 Å². The predicted octanol–water partition coefficient (Wildman–Crippen LogP) is 1.22. The molecule has 1 unspecified atom stereocenters. The normalized spacial score (nSPS) is 27.8. The maximum absolute atomic E-state index is 5.60. The molecule has 0 aromatic carbocycles. The van der Waals surface area contributed by atoms with Gasteiger partial charge in [-0.1, -0.05) is 23.8 Å². The summed E-state index contributed by atoms with van der Waals surface area (Å²) >= 11 is 0. The van der Waals surface area contributed by atoms with Crippen LogP contribution in [-0.2, 0) is 0 Å². The third-order valence-corrected chi connectivity index (χ3v) is 1.27. The van der Waals surface area contributed by atoms with Crippen molar-refractivity contribution in [2.75, 3.05) is 0 Å². The van der Waals surface area contributed by atoms with E-state index in [4.69, 9.17) is 5.73 Å². The summed E-state index contributed by atoms with van der Waals surface area (Å²) in [5, 5.41) is 0. The topological polar surface area (TPSA) is 26.0 Å². The van der Waals surface area contributed by atoms with Crippen molar-refractivity contribution >= 4 is 0 Å². The Morgan fingerprint density at radius 3 is 2.88 bits per heavy atom. The number of nitrogens with two attached hydrogens (primary N) is 1. The molecular formula is C7H11N. The highest BCUT2D eigenvalue weighted by molar-refractivity contribution is 5.22. The fraction of sp³-hybridized carbons (Fsp3) is 0.429. The Balaban J connectivity index is 2.63. The van der Waals surface area contributed by atoms with Crippen molar-refractivity contribution in [3.63, 3.8) is 0 Å². The number of hydrogen-bond donors (Lipinski definition) is 1. The maximum atomic E-state index is 5.60. The zero-order chi connectivity index (χ0) is 5.98. The molecule has 0 amide bonds. The Bertz CT molecular complexity index is 133. The van der Waals surface area contributed by atoms with Crippen LogP contribution < -0.4 is 5.73 Å². The third kappa shape index (κ3) is 1.20. The fourth-order valence-electron chi connectivity index (χ4n) is 0.872. The van der Waals surface area contributed by atoms with E-state index in [-0.39, 0.29) is 6.04 Å². The van der Waals surface area contributed by atoms with Crippen LogP contribution in [0.2, 0.25) is 0 Å². The number of hydrogen-bond acceptors (Lipinski definition) is 1. The molecule has 0 aromatic heterocycles. The molecule has 0 radical (unpaired) electrons. The summed E-state index contributed by atoms with van der Waals surface area (Å²) in [5.41, 5.74) is 6.88. The van der Waals surface area contributed by atoms with Gasteiger partial charge in [0.25, 0.3) is 0 Å². The van der Waals surface area contributed by atoms with E-state index < -0.39 is 0 Å². The molecule has 0 bridgehead atoms. The van der Waals surface area contributed by atoms with E-state index >= 15 is 0 Å². The molecule has 1 aliphatic rings. The van der Waals surface area contributed by atoms with Crippen LogP contribution in [0.5, 0.6) is 0 Å². The van der Waals surface area contributed by atoms with E-state index in [0.29, 0.717) is 0 Å². The van der Waals surface area contributed by atoms with E-state index in [9.17, 15) is 0 Å². The first-order valence-corrected chi connectivity index (χ1v) is 2.89. The Kier molecular flexibility index (Phi) is 1.49. The van der Waals surface area contributed by atoms with Gasteiger partial charge in [-0.05, 0) is 13.3 Å². The van der Waals surface area contributed by atoms with Crippen LogP contribution >= 0.6 is 0 Å². The molecule has 0 spiro atoms. The van der Waals surface area contributed by atoms with Crippen molar-refractivity contribution in [2.24, 2.45) is 5.73 Å². The monoisotopic (exact) mass is 109 g/mol. The lowest BCUT2D eigenvalue weighted by atomic mass is 10.1. The van der Waals surface area contributed by atoms with Crippen molar-refractivity contribution in [1.29, 1.82) is 0 Å². The summed E-state index contributed by atoms with van der Waals surface area (Å²) in [6.07, 6.45) is 7.29. The standard InChI is InChI=1S/C7H11N/c1-6-3-2-4-7(8)5-6/h2-3,5,7H,4,8H2,1H3. The van der Waals surface area contributed by atoms with Gasteiger partial charge >= 0.3 is 0 Å². The van der Waals surface area contributed by atoms with Crippen LogP contribution in [0.4, 0.5) is 0 Å². The van der Waals surface area contributed by atoms with Crippen molar-refractivity contribution < 1.29 is 0 Å². The average Bonchev–Trinajstić information content (AvgIpc) is 1.64. The molecule has 0 saturated carbocycles. The van der Waals surface area contributed by atoms with Crippen LogP contribution in [0.1, 0.15) is 13.3 Å². The molecule has 0 aromatic rings. The molecule has 0 heterocycles. The maximum Gasteiger partial charge on any atom is 0.0264 e. The smallest absolute Gasteiger partial charge is 0.0264 e. The molecule has 8 heavy (non-hydrogen) atoms. The molecule has 0 aliphatic heterocycles. The quantitative estimate of drug-likeness (QED) is 0.497. The van der Waals surface area contributed by atoms with Gasteiger partial charge < -0.3 is 5.73 Å². The molecule has 1 heteroatoms. The summed E-state index contributed by atoms with van der Waals surface area (Å²) in [6.45, 7) is 2.06. The van der Waals surface area contributed by atoms with Crippen molar-refractivity contribution in [3.8, 4) is 0 Å². The lowest BCUT2D eigenvalue weighted by molar-refractivity contribution is 0.817. The minimum Gasteiger partial charge on any atom is -0.324 e. The lowest BCUT2D eigenvalue weighted by Crippen LogP contribution is -2.17. The van der Waals surface area contributed by atoms with Crippen LogP contribution in [0.3, 0.4) is 0 Å². The minimum absolute atomic E-state index is 0.264. The Morgan fingerprint density at radius 1 is 1.75 bits per heavy atom. The Morgan fingerprint density at radius 2 is 2.50 bits per heavy atom. The summed E-state index contributed by atoms with van der Waals surface area (Å²) in [4.78, 5) is 0. The molecule has 1 aliphatic carbocycles. The highest BCUT2D eigenvalue weighted by Crippen LogP contribution is 2.06. The van der Waals surface area contributed by atoms with Crippen LogP contribution in [0, 0.1) is 0 Å². The first-order chi connectivity index (χ1) is 3.79. The van der Waals surface area contributed by atoms with Crippen molar-refractivity contribution in [3.05, 3.63) is 23.8 Å². The van der Waals surface area contributed by atoms with Crippen LogP contribution in [0.15, 0.2) is 23.8 Å². The van der Waals surface area contributed by atoms with Gasteiger partial charge in [-0.25, -0.2) is 0 Å². The van der Waals surface area contributed by atoms with Gasteiger partial charge in [0, 0.05) is 6.04 Å². The minimum atomic E-state index is 0.264. The predicted molar refractivity (Wildman–Crippen MR) is 35.5 cm³/mol. The molecule has 1 atom stereocenters. The van der Waals surface area contributed by atoms with Gasteiger partial charge in [0.05, 0.1) is 0 Å². The van der Waals surface area contributed by atoms with Crippen molar-refractivity contribution in [1.82, 2.24) is 0 Å². The zero-order valence-corrected chi connectivity index (χ0v) is 5.09. The third-order valence-electron chi connectivity index (χ3n) is 1.27. The second-order valence-corrected chi connectivity index (χ2v) is 2.21. The zero-order valence-electron chi connectivity index (χ0n) is 5.09. The van der Waals surface area contributed by atoms with Gasteiger partial charge in [0.1, 0.15) is 0 Å². The molecule has 1 rings (SSSR count). The summed E-state index contributed by atoms with van der Waals surface area (Å²) in [7, 11) is 0. The van der Waals surface area contributed by atoms with Gasteiger partial charge in [0.15, 0.2) is 0 Å². The highest BCUT2D eigenvalue weighted by atomic mass is 14.6. The summed E-state index contributed by atoms with van der Waals surface area (Å²) in [6, 6.07) is 0.264. The molecular weight excluding hydrogens is 98.1 g/mol. The molecule has 44 valence electrons. The van der Waals surface area contributed by atoms with E-state index in [0.717, 1.165) is 6.42 Å². The lowest BCUT2D eigenvalue weighted by Gasteiger charge is -2.07. The second-order valence-electron chi connectivity index (χ2n) is 2.21. The van der Waals surface area contributed by atoms with Crippen molar-refractivity contribution in [2.45, 2.75) is 19.4 Å². The van der Waals surface area contributed by atoms with Gasteiger partial charge in [-0.2, -0.15) is 0 Å². The Hall–Kier alpha value is -0.560. The number of rotatable bonds is 0. The fourth-order valence-corrected chi connectivity index (χ4v) is 0.872. The Labute approximate surface area is 49.9 Å². The SMILES string of the molecule is CC1=CC(N)CC=C1. The first-order valence-electron chi connectivity index (χ1n) is 2.89. The average molecular weight is 109 g/mol. The van der Waals surface area contributed by atoms with E-state index in [1.807, 2.05) is 0 Å². The summed E-state index contributed by atoms with van der Waals surface area (Å²) < 4.78 is 0. The largest absolute Gasteiger partial charge is 0.324 e. The summed E-state index contributed by atoms with van der Waals surface area (Å²) in [5.74, 6) is 0. The molecule has 0 fully saturated rings. The molecule has 2 N–H and O–H groups in total. The van der Waals surface area contributed by atoms with E-state index in [1.165, 1.54) is 5.57 Å². The second kappa shape index (κ2) is 2.14. The molecule has 1 nitrogen and oxygen atoms in total. The van der Waals surface area contributed by atoms with Crippen LogP contribution in [-0.4, -0.2) is 6.04 Å². The molecule has 0 saturated heterocycles. The van der Waals surface area contributed by atoms with Gasteiger partial charge in [0.2, 0.25) is 0 Å². The number of allylic oxidation sites excluding steroid dienone is 2. The highest BCUT2D eigenvalue weighted by Gasteiger charge is 1.98. The first kappa shape index (κ1) is 5.57. The van der Waals surface area contributed by atoms with Gasteiger partial charge in [-0.3, -0.25) is 0 Å². The van der Waals surface area contributed by atoms with Crippen LogP contribution in [0.25, 0.3) is 0 Å². The van der Waals surface area contributed by atoms with E-state index in [1.54, 1.807) is 0 Å². The van der Waals surface area contributed by atoms with E-state index in [2.05, 4.69) is 25.2 Å².